The summed E-state index contributed by atoms with van der Waals surface area (Å²) in [6.45, 7) is 2.08. The fourth-order valence-electron chi connectivity index (χ4n) is 2.59. The Morgan fingerprint density at radius 2 is 2.14 bits per heavy atom. The molecule has 1 heterocycles. The van der Waals surface area contributed by atoms with E-state index in [9.17, 15) is 18.0 Å². The molecule has 1 amide bonds. The predicted molar refractivity (Wildman–Crippen MR) is 73.4 cm³/mol. The van der Waals surface area contributed by atoms with Gasteiger partial charge in [0.1, 0.15) is 6.04 Å². The number of benzene rings is 1. The van der Waals surface area contributed by atoms with Gasteiger partial charge in [-0.1, -0.05) is 29.8 Å². The first-order valence-electron chi connectivity index (χ1n) is 7.04. The van der Waals surface area contributed by atoms with Crippen molar-refractivity contribution in [1.82, 2.24) is 10.4 Å². The predicted octanol–water partition coefficient (Wildman–Crippen LogP) is 2.99. The first-order valence-corrected chi connectivity index (χ1v) is 7.04. The van der Waals surface area contributed by atoms with Gasteiger partial charge in [0.05, 0.1) is 0 Å². The molecule has 0 radical (unpaired) electrons. The second kappa shape index (κ2) is 6.47. The molecule has 3 nitrogen and oxygen atoms in total. The van der Waals surface area contributed by atoms with E-state index < -0.39 is 12.2 Å². The van der Waals surface area contributed by atoms with Crippen LogP contribution in [-0.2, 0) is 11.2 Å². The Labute approximate surface area is 122 Å². The number of halogens is 3. The lowest BCUT2D eigenvalue weighted by Crippen LogP contribution is -2.49. The van der Waals surface area contributed by atoms with Gasteiger partial charge >= 0.3 is 6.18 Å². The van der Waals surface area contributed by atoms with E-state index in [-0.39, 0.29) is 25.3 Å². The summed E-state index contributed by atoms with van der Waals surface area (Å²) in [6, 6.07) is 6.18. The molecule has 1 aromatic rings. The van der Waals surface area contributed by atoms with Crippen molar-refractivity contribution < 1.29 is 18.0 Å². The highest BCUT2D eigenvalue weighted by Gasteiger charge is 2.45. The third-order valence-corrected chi connectivity index (χ3v) is 3.63. The van der Waals surface area contributed by atoms with E-state index in [0.29, 0.717) is 12.8 Å². The molecular weight excluding hydrogens is 281 g/mol. The maximum absolute atomic E-state index is 13.1. The van der Waals surface area contributed by atoms with E-state index in [0.717, 1.165) is 16.1 Å². The molecular formula is C15H19F3N2O. The van der Waals surface area contributed by atoms with Crippen molar-refractivity contribution in [2.75, 3.05) is 6.54 Å². The van der Waals surface area contributed by atoms with Crippen LogP contribution in [0, 0.1) is 6.92 Å². The minimum Gasteiger partial charge on any atom is -0.288 e. The zero-order valence-electron chi connectivity index (χ0n) is 11.9. The molecule has 0 unspecified atom stereocenters. The highest BCUT2D eigenvalue weighted by molar-refractivity contribution is 5.77. The summed E-state index contributed by atoms with van der Waals surface area (Å²) in [7, 11) is 0. The maximum atomic E-state index is 13.1. The lowest BCUT2D eigenvalue weighted by molar-refractivity contribution is -0.190. The van der Waals surface area contributed by atoms with Crippen molar-refractivity contribution >= 4 is 5.91 Å². The Kier molecular flexibility index (Phi) is 4.88. The molecule has 1 aliphatic heterocycles. The normalized spacial score (nSPS) is 17.8. The van der Waals surface area contributed by atoms with Crippen molar-refractivity contribution in [3.8, 4) is 0 Å². The van der Waals surface area contributed by atoms with E-state index in [1.54, 1.807) is 0 Å². The number of hydrazine groups is 1. The van der Waals surface area contributed by atoms with Gasteiger partial charge in [-0.15, -0.1) is 0 Å². The Morgan fingerprint density at radius 3 is 2.71 bits per heavy atom. The average Bonchev–Trinajstić information content (AvgIpc) is 2.79. The number of carbonyl (C=O) groups excluding carboxylic acids is 1. The van der Waals surface area contributed by atoms with Gasteiger partial charge in [-0.2, -0.15) is 13.2 Å². The van der Waals surface area contributed by atoms with E-state index in [4.69, 9.17) is 0 Å². The fraction of sp³-hybridized carbons (Fsp3) is 0.533. The van der Waals surface area contributed by atoms with Crippen LogP contribution in [0.2, 0.25) is 0 Å². The van der Waals surface area contributed by atoms with Gasteiger partial charge in [-0.25, -0.2) is 5.01 Å². The third kappa shape index (κ3) is 4.46. The molecule has 6 heteroatoms. The zero-order valence-corrected chi connectivity index (χ0v) is 11.9. The summed E-state index contributed by atoms with van der Waals surface area (Å²) in [6.07, 6.45) is -3.18. The molecule has 116 valence electrons. The van der Waals surface area contributed by atoms with Crippen LogP contribution in [-0.4, -0.2) is 29.7 Å². The van der Waals surface area contributed by atoms with Crippen molar-refractivity contribution in [2.45, 2.75) is 44.8 Å². The number of alkyl halides is 3. The van der Waals surface area contributed by atoms with Gasteiger partial charge in [0.2, 0.25) is 5.91 Å². The average molecular weight is 300 g/mol. The summed E-state index contributed by atoms with van der Waals surface area (Å²) in [5.41, 5.74) is 4.44. The lowest BCUT2D eigenvalue weighted by Gasteiger charge is -2.28. The molecule has 21 heavy (non-hydrogen) atoms. The Hall–Kier alpha value is -1.56. The monoisotopic (exact) mass is 300 g/mol. The second-order valence-electron chi connectivity index (χ2n) is 5.42. The number of hydrogen-bond acceptors (Lipinski definition) is 2. The minimum absolute atomic E-state index is 0.0161. The Morgan fingerprint density at radius 1 is 1.38 bits per heavy atom. The van der Waals surface area contributed by atoms with Gasteiger partial charge in [0.25, 0.3) is 0 Å². The molecule has 1 fully saturated rings. The van der Waals surface area contributed by atoms with Crippen molar-refractivity contribution in [1.29, 1.82) is 0 Å². The molecule has 2 rings (SSSR count). The van der Waals surface area contributed by atoms with E-state index in [1.807, 2.05) is 31.2 Å². The van der Waals surface area contributed by atoms with Crippen molar-refractivity contribution in [3.05, 3.63) is 35.4 Å². The van der Waals surface area contributed by atoms with E-state index >= 15 is 0 Å². The Bertz CT molecular complexity index is 502. The Balaban J connectivity index is 1.92. The molecule has 1 saturated heterocycles. The topological polar surface area (TPSA) is 32.3 Å². The highest BCUT2D eigenvalue weighted by atomic mass is 19.4. The molecule has 1 atom stereocenters. The first kappa shape index (κ1) is 15.8. The van der Waals surface area contributed by atoms with Crippen LogP contribution in [0.15, 0.2) is 24.3 Å². The largest absolute Gasteiger partial charge is 0.405 e. The van der Waals surface area contributed by atoms with Gasteiger partial charge in [-0.3, -0.25) is 10.2 Å². The summed E-state index contributed by atoms with van der Waals surface area (Å²) < 4.78 is 39.3. The molecule has 0 saturated carbocycles. The van der Waals surface area contributed by atoms with Crippen LogP contribution in [0.4, 0.5) is 13.2 Å². The number of nitrogens with one attached hydrogen (secondary N) is 1. The quantitative estimate of drug-likeness (QED) is 0.906. The van der Waals surface area contributed by atoms with Crippen LogP contribution in [0.3, 0.4) is 0 Å². The molecule has 1 N–H and O–H groups in total. The SMILES string of the molecule is Cc1cccc(CCC[C@H](N2CCC(=O)N2)C(F)(F)F)c1. The molecule has 0 aromatic heterocycles. The summed E-state index contributed by atoms with van der Waals surface area (Å²) in [5.74, 6) is -0.345. The minimum atomic E-state index is -4.33. The third-order valence-electron chi connectivity index (χ3n) is 3.63. The summed E-state index contributed by atoms with van der Waals surface area (Å²) in [5, 5.41) is 1.03. The summed E-state index contributed by atoms with van der Waals surface area (Å²) >= 11 is 0. The molecule has 0 bridgehead atoms. The lowest BCUT2D eigenvalue weighted by atomic mass is 10.0. The number of nitrogens with zero attached hydrogens (tertiary/aromatic N) is 1. The van der Waals surface area contributed by atoms with Crippen LogP contribution in [0.5, 0.6) is 0 Å². The van der Waals surface area contributed by atoms with Gasteiger partial charge < -0.3 is 0 Å². The number of carbonyl (C=O) groups is 1. The fourth-order valence-corrected chi connectivity index (χ4v) is 2.59. The van der Waals surface area contributed by atoms with Crippen LogP contribution >= 0.6 is 0 Å². The number of amides is 1. The summed E-state index contributed by atoms with van der Waals surface area (Å²) in [4.78, 5) is 11.1. The van der Waals surface area contributed by atoms with Crippen LogP contribution in [0.25, 0.3) is 0 Å². The molecule has 0 spiro atoms. The standard InChI is InChI=1S/C15H19F3N2O/c1-11-4-2-5-12(10-11)6-3-7-13(15(16,17)18)20-9-8-14(21)19-20/h2,4-5,10,13H,3,6-9H2,1H3,(H,19,21)/t13-/m0/s1. The smallest absolute Gasteiger partial charge is 0.288 e. The second-order valence-corrected chi connectivity index (χ2v) is 5.42. The maximum Gasteiger partial charge on any atom is 0.405 e. The van der Waals surface area contributed by atoms with Gasteiger partial charge in [0.15, 0.2) is 0 Å². The number of hydrogen-bond donors (Lipinski definition) is 1. The molecule has 1 aromatic carbocycles. The number of aryl methyl sites for hydroxylation is 2. The molecule has 0 aliphatic carbocycles. The van der Waals surface area contributed by atoms with Crippen LogP contribution in [0.1, 0.15) is 30.4 Å². The molecule has 1 aliphatic rings. The first-order chi connectivity index (χ1) is 9.86. The van der Waals surface area contributed by atoms with Crippen LogP contribution < -0.4 is 5.43 Å². The zero-order chi connectivity index (χ0) is 15.5. The van der Waals surface area contributed by atoms with Crippen molar-refractivity contribution in [3.63, 3.8) is 0 Å². The van der Waals surface area contributed by atoms with E-state index in [1.165, 1.54) is 0 Å². The van der Waals surface area contributed by atoms with E-state index in [2.05, 4.69) is 5.43 Å². The van der Waals surface area contributed by atoms with Crippen molar-refractivity contribution in [2.24, 2.45) is 0 Å². The van der Waals surface area contributed by atoms with Gasteiger partial charge in [0, 0.05) is 13.0 Å². The van der Waals surface area contributed by atoms with Gasteiger partial charge in [-0.05, 0) is 31.7 Å². The highest BCUT2D eigenvalue weighted by Crippen LogP contribution is 2.29. The number of rotatable bonds is 5.